The number of hydrogen-bond acceptors (Lipinski definition) is 7. The SMILES string of the molecule is COc1cccc(-c2nc(C)c(-c3ccc(SCC(=O)Nc4ccc(C(F)(F)F)cc4)nn3)s2)c1. The molecule has 180 valence electrons. The van der Waals surface area contributed by atoms with Crippen molar-refractivity contribution in [1.82, 2.24) is 15.2 Å². The van der Waals surface area contributed by atoms with Crippen molar-refractivity contribution in [3.05, 3.63) is 71.9 Å². The molecule has 1 N–H and O–H groups in total. The van der Waals surface area contributed by atoms with E-state index in [1.54, 1.807) is 13.2 Å². The molecule has 35 heavy (non-hydrogen) atoms. The Bertz CT molecular complexity index is 1320. The van der Waals surface area contributed by atoms with Crippen molar-refractivity contribution in [2.45, 2.75) is 18.1 Å². The van der Waals surface area contributed by atoms with Gasteiger partial charge in [0, 0.05) is 11.3 Å². The number of carbonyl (C=O) groups excluding carboxylic acids is 1. The summed E-state index contributed by atoms with van der Waals surface area (Å²) in [6.07, 6.45) is -4.42. The standard InChI is InChI=1S/C24H19F3N4O2S2/c1-14-22(35-23(28-14)15-4-3-5-18(12-15)33-2)19-10-11-21(31-30-19)34-13-20(32)29-17-8-6-16(7-9-17)24(25,26)27/h3-12H,13H2,1-2H3,(H,29,32). The highest BCUT2D eigenvalue weighted by Gasteiger charge is 2.30. The van der Waals surface area contributed by atoms with Gasteiger partial charge in [-0.15, -0.1) is 21.5 Å². The highest BCUT2D eigenvalue weighted by atomic mass is 32.2. The number of nitrogens with zero attached hydrogens (tertiary/aromatic N) is 3. The van der Waals surface area contributed by atoms with Crippen molar-refractivity contribution < 1.29 is 22.7 Å². The van der Waals surface area contributed by atoms with Gasteiger partial charge in [-0.05, 0) is 55.5 Å². The van der Waals surface area contributed by atoms with E-state index in [9.17, 15) is 18.0 Å². The fourth-order valence-electron chi connectivity index (χ4n) is 3.11. The predicted molar refractivity (Wildman–Crippen MR) is 131 cm³/mol. The molecule has 0 saturated heterocycles. The summed E-state index contributed by atoms with van der Waals surface area (Å²) in [6, 6.07) is 15.5. The molecular weight excluding hydrogens is 497 g/mol. The largest absolute Gasteiger partial charge is 0.497 e. The second kappa shape index (κ2) is 10.4. The van der Waals surface area contributed by atoms with Crippen molar-refractivity contribution in [2.24, 2.45) is 0 Å². The van der Waals surface area contributed by atoms with Gasteiger partial charge in [0.1, 0.15) is 21.5 Å². The summed E-state index contributed by atoms with van der Waals surface area (Å²) in [4.78, 5) is 17.7. The minimum absolute atomic E-state index is 0.0363. The molecule has 0 aliphatic carbocycles. The number of carbonyl (C=O) groups is 1. The van der Waals surface area contributed by atoms with Crippen molar-refractivity contribution in [3.8, 4) is 26.9 Å². The van der Waals surface area contributed by atoms with Crippen LogP contribution in [0.15, 0.2) is 65.7 Å². The lowest BCUT2D eigenvalue weighted by Crippen LogP contribution is -2.14. The molecule has 11 heteroatoms. The highest BCUT2D eigenvalue weighted by molar-refractivity contribution is 7.99. The Kier molecular flexibility index (Phi) is 7.37. The summed E-state index contributed by atoms with van der Waals surface area (Å²) < 4.78 is 43.2. The Balaban J connectivity index is 1.37. The van der Waals surface area contributed by atoms with E-state index in [1.165, 1.54) is 35.2 Å². The maximum absolute atomic E-state index is 12.6. The zero-order valence-corrected chi connectivity index (χ0v) is 20.2. The summed E-state index contributed by atoms with van der Waals surface area (Å²) >= 11 is 2.68. The number of amides is 1. The van der Waals surface area contributed by atoms with Crippen LogP contribution in [0.3, 0.4) is 0 Å². The van der Waals surface area contributed by atoms with Crippen LogP contribution in [0.4, 0.5) is 18.9 Å². The van der Waals surface area contributed by atoms with Crippen LogP contribution >= 0.6 is 23.1 Å². The molecule has 2 aromatic heterocycles. The van der Waals surface area contributed by atoms with Crippen LogP contribution < -0.4 is 10.1 Å². The first kappa shape index (κ1) is 24.7. The van der Waals surface area contributed by atoms with E-state index in [0.29, 0.717) is 10.7 Å². The van der Waals surface area contributed by atoms with E-state index in [4.69, 9.17) is 4.74 Å². The molecule has 0 aliphatic heterocycles. The molecule has 2 heterocycles. The molecule has 0 fully saturated rings. The fraction of sp³-hybridized carbons (Fsp3) is 0.167. The van der Waals surface area contributed by atoms with E-state index < -0.39 is 11.7 Å². The van der Waals surface area contributed by atoms with Crippen molar-refractivity contribution >= 4 is 34.7 Å². The third kappa shape index (κ3) is 6.17. The summed E-state index contributed by atoms with van der Waals surface area (Å²) in [5.41, 5.74) is 1.97. The molecule has 4 aromatic rings. The van der Waals surface area contributed by atoms with E-state index in [0.717, 1.165) is 39.0 Å². The Morgan fingerprint density at radius 2 is 1.86 bits per heavy atom. The first-order valence-electron chi connectivity index (χ1n) is 10.3. The zero-order chi connectivity index (χ0) is 25.0. The van der Waals surface area contributed by atoms with Gasteiger partial charge in [-0.25, -0.2) is 4.98 Å². The average molecular weight is 517 g/mol. The molecule has 0 aliphatic rings. The first-order valence-corrected chi connectivity index (χ1v) is 12.1. The minimum atomic E-state index is -4.42. The Labute approximate surface area is 207 Å². The van der Waals surface area contributed by atoms with Gasteiger partial charge in [-0.3, -0.25) is 4.79 Å². The number of methoxy groups -OCH3 is 1. The molecule has 0 spiro atoms. The lowest BCUT2D eigenvalue weighted by atomic mass is 10.2. The Morgan fingerprint density at radius 1 is 1.09 bits per heavy atom. The molecular formula is C24H19F3N4O2S2. The quantitative estimate of drug-likeness (QED) is 0.289. The molecule has 6 nitrogen and oxygen atoms in total. The summed E-state index contributed by atoms with van der Waals surface area (Å²) in [6.45, 7) is 1.91. The van der Waals surface area contributed by atoms with Crippen LogP contribution in [0.25, 0.3) is 21.1 Å². The second-order valence-corrected chi connectivity index (χ2v) is 9.33. The molecule has 4 rings (SSSR count). The van der Waals surface area contributed by atoms with Gasteiger partial charge < -0.3 is 10.1 Å². The van der Waals surface area contributed by atoms with Crippen molar-refractivity contribution in [1.29, 1.82) is 0 Å². The smallest absolute Gasteiger partial charge is 0.416 e. The highest BCUT2D eigenvalue weighted by Crippen LogP contribution is 2.35. The van der Waals surface area contributed by atoms with Gasteiger partial charge in [0.25, 0.3) is 0 Å². The zero-order valence-electron chi connectivity index (χ0n) is 18.6. The topological polar surface area (TPSA) is 77.0 Å². The Morgan fingerprint density at radius 3 is 2.51 bits per heavy atom. The number of hydrogen-bond donors (Lipinski definition) is 1. The molecule has 2 aromatic carbocycles. The number of anilines is 1. The fourth-order valence-corrected chi connectivity index (χ4v) is 4.75. The first-order chi connectivity index (χ1) is 16.7. The summed E-state index contributed by atoms with van der Waals surface area (Å²) in [5.74, 6) is 0.427. The van der Waals surface area contributed by atoms with Crippen LogP contribution in [0.2, 0.25) is 0 Å². The van der Waals surface area contributed by atoms with Gasteiger partial charge in [0.05, 0.1) is 29.0 Å². The number of alkyl halides is 3. The van der Waals surface area contributed by atoms with Crippen LogP contribution in [-0.2, 0) is 11.0 Å². The molecule has 0 unspecified atom stereocenters. The van der Waals surface area contributed by atoms with E-state index in [1.807, 2.05) is 37.3 Å². The summed E-state index contributed by atoms with van der Waals surface area (Å²) in [7, 11) is 1.62. The number of benzene rings is 2. The number of aryl methyl sites for hydroxylation is 1. The third-order valence-corrected chi connectivity index (χ3v) is 6.98. The monoisotopic (exact) mass is 516 g/mol. The van der Waals surface area contributed by atoms with Crippen LogP contribution in [0.5, 0.6) is 5.75 Å². The van der Waals surface area contributed by atoms with E-state index in [-0.39, 0.29) is 17.3 Å². The van der Waals surface area contributed by atoms with Gasteiger partial charge in [-0.2, -0.15) is 13.2 Å². The van der Waals surface area contributed by atoms with Crippen LogP contribution in [0.1, 0.15) is 11.3 Å². The predicted octanol–water partition coefficient (Wildman–Crippen LogP) is 6.33. The molecule has 0 bridgehead atoms. The number of halogens is 3. The Hall–Kier alpha value is -3.44. The molecule has 0 atom stereocenters. The van der Waals surface area contributed by atoms with Crippen LogP contribution in [-0.4, -0.2) is 34.0 Å². The number of thioether (sulfide) groups is 1. The number of thiazole rings is 1. The van der Waals surface area contributed by atoms with Crippen LogP contribution in [0, 0.1) is 6.92 Å². The maximum atomic E-state index is 12.6. The van der Waals surface area contributed by atoms with E-state index in [2.05, 4.69) is 20.5 Å². The third-order valence-electron chi connectivity index (χ3n) is 4.83. The maximum Gasteiger partial charge on any atom is 0.416 e. The van der Waals surface area contributed by atoms with Gasteiger partial charge in [-0.1, -0.05) is 23.9 Å². The number of aromatic nitrogens is 3. The van der Waals surface area contributed by atoms with Crippen molar-refractivity contribution in [3.63, 3.8) is 0 Å². The number of rotatable bonds is 7. The van der Waals surface area contributed by atoms with Gasteiger partial charge >= 0.3 is 6.18 Å². The summed E-state index contributed by atoms with van der Waals surface area (Å²) in [5, 5.41) is 12.4. The van der Waals surface area contributed by atoms with Gasteiger partial charge in [0.15, 0.2) is 0 Å². The molecule has 0 saturated carbocycles. The molecule has 1 amide bonds. The number of nitrogens with one attached hydrogen (secondary N) is 1. The lowest BCUT2D eigenvalue weighted by Gasteiger charge is -2.08. The normalized spacial score (nSPS) is 11.3. The minimum Gasteiger partial charge on any atom is -0.497 e. The average Bonchev–Trinajstić information content (AvgIpc) is 3.24. The molecule has 0 radical (unpaired) electrons. The van der Waals surface area contributed by atoms with Crippen molar-refractivity contribution in [2.75, 3.05) is 18.2 Å². The second-order valence-electron chi connectivity index (χ2n) is 7.33. The number of ether oxygens (including phenoxy) is 1. The lowest BCUT2D eigenvalue weighted by molar-refractivity contribution is -0.137. The van der Waals surface area contributed by atoms with Gasteiger partial charge in [0.2, 0.25) is 5.91 Å². The van der Waals surface area contributed by atoms with E-state index >= 15 is 0 Å².